The van der Waals surface area contributed by atoms with Crippen LogP contribution < -0.4 is 14.9 Å². The quantitative estimate of drug-likeness (QED) is 0.659. The summed E-state index contributed by atoms with van der Waals surface area (Å²) in [7, 11) is 1.52. The number of para-hydroxylation sites is 2. The van der Waals surface area contributed by atoms with E-state index in [1.165, 1.54) is 7.11 Å². The molecule has 0 aliphatic carbocycles. The lowest BCUT2D eigenvalue weighted by Crippen LogP contribution is -2.18. The van der Waals surface area contributed by atoms with Crippen LogP contribution in [0.2, 0.25) is 0 Å². The summed E-state index contributed by atoms with van der Waals surface area (Å²) >= 11 is 0. The van der Waals surface area contributed by atoms with Gasteiger partial charge in [0, 0.05) is 5.56 Å². The van der Waals surface area contributed by atoms with Crippen LogP contribution in [0.15, 0.2) is 53.6 Å². The van der Waals surface area contributed by atoms with Gasteiger partial charge in [0.2, 0.25) is 0 Å². The molecule has 0 radical (unpaired) electrons. The molecular weight excluding hydrogens is 280 g/mol. The number of hydrogen-bond acceptors (Lipinski definition) is 4. The van der Waals surface area contributed by atoms with Gasteiger partial charge in [0.1, 0.15) is 11.5 Å². The van der Waals surface area contributed by atoms with Gasteiger partial charge >= 0.3 is 0 Å². The van der Waals surface area contributed by atoms with Crippen LogP contribution in [0.3, 0.4) is 0 Å². The molecule has 0 saturated heterocycles. The lowest BCUT2D eigenvalue weighted by atomic mass is 10.2. The molecule has 0 aliphatic heterocycles. The first-order valence-corrected chi connectivity index (χ1v) is 6.94. The Morgan fingerprint density at radius 1 is 1.14 bits per heavy atom. The summed E-state index contributed by atoms with van der Waals surface area (Å²) in [5.74, 6) is 0.896. The second-order valence-electron chi connectivity index (χ2n) is 4.37. The Bertz CT molecular complexity index is 668. The third-order valence-corrected chi connectivity index (χ3v) is 2.94. The van der Waals surface area contributed by atoms with E-state index in [-0.39, 0.29) is 5.91 Å². The molecule has 1 amide bonds. The molecule has 22 heavy (non-hydrogen) atoms. The van der Waals surface area contributed by atoms with Gasteiger partial charge in [-0.25, -0.2) is 5.43 Å². The predicted octanol–water partition coefficient (Wildman–Crippen LogP) is 2.86. The maximum absolute atomic E-state index is 12.1. The van der Waals surface area contributed by atoms with E-state index in [9.17, 15) is 4.79 Å². The molecule has 2 aromatic rings. The minimum absolute atomic E-state index is 0.331. The molecule has 0 spiro atoms. The van der Waals surface area contributed by atoms with E-state index >= 15 is 0 Å². The SMILES string of the molecule is CCOc1ccccc1/C=N/NC(=O)c1ccccc1OC. The molecular formula is C17H18N2O3. The zero-order chi connectivity index (χ0) is 15.8. The number of ether oxygens (including phenoxy) is 2. The maximum Gasteiger partial charge on any atom is 0.275 e. The van der Waals surface area contributed by atoms with Crippen LogP contribution >= 0.6 is 0 Å². The average Bonchev–Trinajstić information content (AvgIpc) is 2.56. The molecule has 0 bridgehead atoms. The predicted molar refractivity (Wildman–Crippen MR) is 85.7 cm³/mol. The summed E-state index contributed by atoms with van der Waals surface area (Å²) in [5, 5.41) is 3.98. The minimum Gasteiger partial charge on any atom is -0.496 e. The highest BCUT2D eigenvalue weighted by Crippen LogP contribution is 2.17. The normalized spacial score (nSPS) is 10.5. The van der Waals surface area contributed by atoms with Crippen molar-refractivity contribution in [2.24, 2.45) is 5.10 Å². The van der Waals surface area contributed by atoms with Gasteiger partial charge in [-0.15, -0.1) is 0 Å². The first-order valence-electron chi connectivity index (χ1n) is 6.94. The zero-order valence-corrected chi connectivity index (χ0v) is 12.6. The lowest BCUT2D eigenvalue weighted by molar-refractivity contribution is 0.0952. The van der Waals surface area contributed by atoms with Crippen LogP contribution in [0.5, 0.6) is 11.5 Å². The Hall–Kier alpha value is -2.82. The van der Waals surface area contributed by atoms with E-state index in [0.717, 1.165) is 11.3 Å². The molecule has 0 fully saturated rings. The molecule has 0 atom stereocenters. The standard InChI is InChI=1S/C17H18N2O3/c1-3-22-15-10-6-4-8-13(15)12-18-19-17(20)14-9-5-7-11-16(14)21-2/h4-12H,3H2,1-2H3,(H,19,20)/b18-12+. The number of carbonyl (C=O) groups is 1. The Balaban J connectivity index is 2.08. The van der Waals surface area contributed by atoms with Crippen LogP contribution in [0.1, 0.15) is 22.8 Å². The van der Waals surface area contributed by atoms with E-state index in [1.807, 2.05) is 31.2 Å². The molecule has 0 aromatic heterocycles. The topological polar surface area (TPSA) is 59.9 Å². The van der Waals surface area contributed by atoms with Crippen LogP contribution in [-0.4, -0.2) is 25.8 Å². The second-order valence-corrected chi connectivity index (χ2v) is 4.37. The van der Waals surface area contributed by atoms with E-state index in [4.69, 9.17) is 9.47 Å². The Kier molecular flexibility index (Phi) is 5.54. The van der Waals surface area contributed by atoms with Crippen molar-refractivity contribution in [2.45, 2.75) is 6.92 Å². The van der Waals surface area contributed by atoms with Gasteiger partial charge in [0.05, 0.1) is 25.5 Å². The third kappa shape index (κ3) is 3.85. The Morgan fingerprint density at radius 2 is 1.82 bits per heavy atom. The summed E-state index contributed by atoms with van der Waals surface area (Å²) in [6, 6.07) is 14.5. The van der Waals surface area contributed by atoms with E-state index in [2.05, 4.69) is 10.5 Å². The van der Waals surface area contributed by atoms with Crippen LogP contribution in [-0.2, 0) is 0 Å². The van der Waals surface area contributed by atoms with Crippen LogP contribution in [0.25, 0.3) is 0 Å². The fraction of sp³-hybridized carbons (Fsp3) is 0.176. The van der Waals surface area contributed by atoms with E-state index < -0.39 is 0 Å². The molecule has 5 heteroatoms. The Labute approximate surface area is 129 Å². The summed E-state index contributed by atoms with van der Waals surface area (Å²) in [4.78, 5) is 12.1. The molecule has 114 valence electrons. The van der Waals surface area contributed by atoms with Crippen LogP contribution in [0.4, 0.5) is 0 Å². The number of carbonyl (C=O) groups excluding carboxylic acids is 1. The summed E-state index contributed by atoms with van der Waals surface area (Å²) in [5.41, 5.74) is 3.71. The van der Waals surface area contributed by atoms with Gasteiger partial charge in [-0.3, -0.25) is 4.79 Å². The number of benzene rings is 2. The van der Waals surface area contributed by atoms with Crippen molar-refractivity contribution in [1.29, 1.82) is 0 Å². The summed E-state index contributed by atoms with van der Waals surface area (Å²) < 4.78 is 10.6. The smallest absolute Gasteiger partial charge is 0.275 e. The lowest BCUT2D eigenvalue weighted by Gasteiger charge is -2.07. The largest absolute Gasteiger partial charge is 0.496 e. The van der Waals surface area contributed by atoms with E-state index in [0.29, 0.717) is 17.9 Å². The van der Waals surface area contributed by atoms with Gasteiger partial charge < -0.3 is 9.47 Å². The van der Waals surface area contributed by atoms with Gasteiger partial charge in [0.15, 0.2) is 0 Å². The molecule has 2 aromatic carbocycles. The molecule has 0 aliphatic rings. The molecule has 0 unspecified atom stereocenters. The molecule has 1 N–H and O–H groups in total. The number of amides is 1. The third-order valence-electron chi connectivity index (χ3n) is 2.94. The zero-order valence-electron chi connectivity index (χ0n) is 12.6. The highest BCUT2D eigenvalue weighted by atomic mass is 16.5. The molecule has 5 nitrogen and oxygen atoms in total. The summed E-state index contributed by atoms with van der Waals surface area (Å²) in [6.45, 7) is 2.48. The van der Waals surface area contributed by atoms with Crippen molar-refractivity contribution in [1.82, 2.24) is 5.43 Å². The molecule has 0 saturated carbocycles. The molecule has 2 rings (SSSR count). The Morgan fingerprint density at radius 3 is 2.55 bits per heavy atom. The number of hydrogen-bond donors (Lipinski definition) is 1. The number of nitrogens with one attached hydrogen (secondary N) is 1. The van der Waals surface area contributed by atoms with Crippen molar-refractivity contribution >= 4 is 12.1 Å². The maximum atomic E-state index is 12.1. The number of methoxy groups -OCH3 is 1. The van der Waals surface area contributed by atoms with Gasteiger partial charge in [-0.2, -0.15) is 5.10 Å². The fourth-order valence-electron chi connectivity index (χ4n) is 1.93. The van der Waals surface area contributed by atoms with Crippen molar-refractivity contribution < 1.29 is 14.3 Å². The highest BCUT2D eigenvalue weighted by molar-refractivity contribution is 5.97. The monoisotopic (exact) mass is 298 g/mol. The first-order chi connectivity index (χ1) is 10.8. The van der Waals surface area contributed by atoms with Crippen molar-refractivity contribution in [2.75, 3.05) is 13.7 Å². The number of nitrogens with zero attached hydrogens (tertiary/aromatic N) is 1. The van der Waals surface area contributed by atoms with Crippen LogP contribution in [0, 0.1) is 0 Å². The van der Waals surface area contributed by atoms with Gasteiger partial charge in [-0.05, 0) is 31.2 Å². The number of hydrazone groups is 1. The van der Waals surface area contributed by atoms with Crippen molar-refractivity contribution in [3.63, 3.8) is 0 Å². The minimum atomic E-state index is -0.331. The average molecular weight is 298 g/mol. The fourth-order valence-corrected chi connectivity index (χ4v) is 1.93. The second kappa shape index (κ2) is 7.83. The van der Waals surface area contributed by atoms with Gasteiger partial charge in [-0.1, -0.05) is 24.3 Å². The van der Waals surface area contributed by atoms with Crippen molar-refractivity contribution in [3.05, 3.63) is 59.7 Å². The first kappa shape index (κ1) is 15.6. The molecule has 0 heterocycles. The highest BCUT2D eigenvalue weighted by Gasteiger charge is 2.10. The van der Waals surface area contributed by atoms with Gasteiger partial charge in [0.25, 0.3) is 5.91 Å². The summed E-state index contributed by atoms with van der Waals surface area (Å²) in [6.07, 6.45) is 1.55. The van der Waals surface area contributed by atoms with Crippen molar-refractivity contribution in [3.8, 4) is 11.5 Å². The number of rotatable bonds is 6. The van der Waals surface area contributed by atoms with E-state index in [1.54, 1.807) is 30.5 Å².